The number of rotatable bonds is 5. The summed E-state index contributed by atoms with van der Waals surface area (Å²) in [4.78, 5) is 36.8. The van der Waals surface area contributed by atoms with Crippen LogP contribution in [0.5, 0.6) is 0 Å². The van der Waals surface area contributed by atoms with Crippen LogP contribution in [-0.4, -0.2) is 26.7 Å². The zero-order valence-electron chi connectivity index (χ0n) is 16.4. The van der Waals surface area contributed by atoms with Crippen LogP contribution in [0.25, 0.3) is 22.4 Å². The molecule has 2 N–H and O–H groups in total. The number of carboxylic acids is 2. The molecule has 0 amide bonds. The average molecular weight is 464 g/mol. The van der Waals surface area contributed by atoms with Gasteiger partial charge in [-0.25, -0.2) is 14.0 Å². The van der Waals surface area contributed by atoms with Crippen LogP contribution in [0.1, 0.15) is 33.3 Å². The van der Waals surface area contributed by atoms with Crippen molar-refractivity contribution >= 4 is 35.1 Å². The second-order valence-corrected chi connectivity index (χ2v) is 7.51. The van der Waals surface area contributed by atoms with Crippen LogP contribution < -0.4 is 5.43 Å². The quantitative estimate of drug-likeness (QED) is 0.531. The van der Waals surface area contributed by atoms with Crippen molar-refractivity contribution in [3.63, 3.8) is 0 Å². The summed E-state index contributed by atoms with van der Waals surface area (Å²) in [7, 11) is 0. The number of pyridine rings is 1. The number of hydrogen-bond donors (Lipinski definition) is 2. The number of nitrogens with zero attached hydrogens (tertiary/aromatic N) is 1. The molecule has 3 aromatic rings. The van der Waals surface area contributed by atoms with Crippen LogP contribution in [0.4, 0.5) is 4.39 Å². The summed E-state index contributed by atoms with van der Waals surface area (Å²) in [6, 6.07) is 7.48. The molecule has 0 unspecified atom stereocenters. The van der Waals surface area contributed by atoms with E-state index in [4.69, 9.17) is 23.2 Å². The van der Waals surface area contributed by atoms with E-state index < -0.39 is 28.7 Å². The molecule has 0 bridgehead atoms. The van der Waals surface area contributed by atoms with Crippen molar-refractivity contribution < 1.29 is 24.2 Å². The second kappa shape index (κ2) is 8.53. The molecule has 0 spiro atoms. The number of carbonyl (C=O) groups is 2. The number of carboxylic acid groups (broad SMARTS) is 2. The Hall–Kier alpha value is -3.16. The van der Waals surface area contributed by atoms with E-state index in [-0.39, 0.29) is 44.7 Å². The van der Waals surface area contributed by atoms with Crippen LogP contribution >= 0.6 is 23.2 Å². The third kappa shape index (κ3) is 3.94. The Morgan fingerprint density at radius 2 is 1.71 bits per heavy atom. The van der Waals surface area contributed by atoms with Gasteiger partial charge >= 0.3 is 11.9 Å². The summed E-state index contributed by atoms with van der Waals surface area (Å²) in [5, 5.41) is 19.5. The van der Waals surface area contributed by atoms with Crippen molar-refractivity contribution in [1.82, 2.24) is 4.57 Å². The molecule has 0 fully saturated rings. The van der Waals surface area contributed by atoms with Gasteiger partial charge in [-0.1, -0.05) is 29.3 Å². The van der Waals surface area contributed by atoms with Gasteiger partial charge in [0.05, 0.1) is 26.9 Å². The van der Waals surface area contributed by atoms with Crippen molar-refractivity contribution in [3.05, 3.63) is 79.3 Å². The molecule has 0 saturated carbocycles. The fraction of sp³-hybridized carbons (Fsp3) is 0.136. The molecule has 6 nitrogen and oxygen atoms in total. The summed E-state index contributed by atoms with van der Waals surface area (Å²) in [5.74, 6) is -3.66. The predicted octanol–water partition coefficient (Wildman–Crippen LogP) is 5.35. The van der Waals surface area contributed by atoms with Crippen LogP contribution in [0.3, 0.4) is 0 Å². The molecule has 0 aliphatic carbocycles. The minimum Gasteiger partial charge on any atom is -0.478 e. The average Bonchev–Trinajstić information content (AvgIpc) is 2.70. The fourth-order valence-corrected chi connectivity index (χ4v) is 3.84. The fourth-order valence-electron chi connectivity index (χ4n) is 3.54. The van der Waals surface area contributed by atoms with Crippen LogP contribution in [0.2, 0.25) is 10.0 Å². The molecule has 0 radical (unpaired) electrons. The van der Waals surface area contributed by atoms with E-state index in [1.54, 1.807) is 18.4 Å². The Kier molecular flexibility index (Phi) is 6.20. The first-order chi connectivity index (χ1) is 14.6. The zero-order valence-corrected chi connectivity index (χ0v) is 17.9. The molecule has 3 rings (SSSR count). The SMILES string of the molecule is CCn1c(C)c(-c2cc(C(=O)O)ccc2F)c(=O)c(C(=O)O)c1-c1ccc(Cl)c(Cl)c1. The first-order valence-electron chi connectivity index (χ1n) is 9.07. The molecule has 0 aliphatic heterocycles. The molecule has 0 atom stereocenters. The summed E-state index contributed by atoms with van der Waals surface area (Å²) >= 11 is 12.1. The highest BCUT2D eigenvalue weighted by atomic mass is 35.5. The van der Waals surface area contributed by atoms with Crippen molar-refractivity contribution in [2.24, 2.45) is 0 Å². The lowest BCUT2D eigenvalue weighted by molar-refractivity contribution is 0.0685. The summed E-state index contributed by atoms with van der Waals surface area (Å²) in [6.07, 6.45) is 0. The van der Waals surface area contributed by atoms with Gasteiger partial charge in [0, 0.05) is 23.4 Å². The van der Waals surface area contributed by atoms with E-state index >= 15 is 0 Å². The highest BCUT2D eigenvalue weighted by Crippen LogP contribution is 2.33. The Morgan fingerprint density at radius 1 is 1.03 bits per heavy atom. The van der Waals surface area contributed by atoms with Gasteiger partial charge in [0.25, 0.3) is 0 Å². The third-order valence-corrected chi connectivity index (χ3v) is 5.67. The molecule has 1 heterocycles. The van der Waals surface area contributed by atoms with E-state index in [9.17, 15) is 29.0 Å². The topological polar surface area (TPSA) is 96.6 Å². The molecular formula is C22H16Cl2FNO5. The smallest absolute Gasteiger partial charge is 0.341 e. The molecule has 9 heteroatoms. The Balaban J connectivity index is 2.49. The van der Waals surface area contributed by atoms with Crippen LogP contribution in [0.15, 0.2) is 41.2 Å². The Bertz CT molecular complexity index is 1300. The third-order valence-electron chi connectivity index (χ3n) is 4.93. The standard InChI is InChI=1S/C22H16Cl2FNO5/c1-3-26-10(2)17(13-8-12(21(28)29)5-7-16(13)25)20(27)18(22(30)31)19(26)11-4-6-14(23)15(24)9-11/h4-9H,3H2,1-2H3,(H,28,29)(H,30,31). The van der Waals surface area contributed by atoms with Crippen LogP contribution in [0, 0.1) is 12.7 Å². The predicted molar refractivity (Wildman–Crippen MR) is 116 cm³/mol. The van der Waals surface area contributed by atoms with Gasteiger partial charge in [-0.05, 0) is 44.2 Å². The van der Waals surface area contributed by atoms with Gasteiger partial charge in [0.2, 0.25) is 5.43 Å². The lowest BCUT2D eigenvalue weighted by atomic mass is 9.95. The number of hydrogen-bond acceptors (Lipinski definition) is 3. The van der Waals surface area contributed by atoms with Gasteiger partial charge in [-0.2, -0.15) is 0 Å². The Labute approximate surface area is 186 Å². The van der Waals surface area contributed by atoms with E-state index in [0.29, 0.717) is 5.56 Å². The number of aromatic nitrogens is 1. The molecule has 31 heavy (non-hydrogen) atoms. The summed E-state index contributed by atoms with van der Waals surface area (Å²) < 4.78 is 16.2. The van der Waals surface area contributed by atoms with Crippen LogP contribution in [-0.2, 0) is 6.54 Å². The maximum atomic E-state index is 14.6. The number of benzene rings is 2. The van der Waals surface area contributed by atoms with Crippen molar-refractivity contribution in [3.8, 4) is 22.4 Å². The highest BCUT2D eigenvalue weighted by Gasteiger charge is 2.27. The molecule has 160 valence electrons. The lowest BCUT2D eigenvalue weighted by Gasteiger charge is -2.21. The summed E-state index contributed by atoms with van der Waals surface area (Å²) in [6.45, 7) is 3.52. The Morgan fingerprint density at radius 3 is 2.26 bits per heavy atom. The van der Waals surface area contributed by atoms with Gasteiger partial charge < -0.3 is 14.8 Å². The van der Waals surface area contributed by atoms with Crippen molar-refractivity contribution in [2.45, 2.75) is 20.4 Å². The van der Waals surface area contributed by atoms with Crippen molar-refractivity contribution in [1.29, 1.82) is 0 Å². The maximum Gasteiger partial charge on any atom is 0.341 e. The van der Waals surface area contributed by atoms with E-state index in [0.717, 1.165) is 18.2 Å². The first-order valence-corrected chi connectivity index (χ1v) is 9.83. The minimum atomic E-state index is -1.51. The maximum absolute atomic E-state index is 14.6. The van der Waals surface area contributed by atoms with E-state index in [2.05, 4.69) is 0 Å². The number of halogens is 3. The first kappa shape index (κ1) is 22.5. The van der Waals surface area contributed by atoms with Gasteiger partial charge in [-0.3, -0.25) is 4.79 Å². The zero-order chi connectivity index (χ0) is 23.0. The molecule has 0 aliphatic rings. The molecular weight excluding hydrogens is 448 g/mol. The molecule has 1 aromatic heterocycles. The number of aromatic carboxylic acids is 2. The lowest BCUT2D eigenvalue weighted by Crippen LogP contribution is -2.25. The minimum absolute atomic E-state index is 0.0922. The molecule has 0 saturated heterocycles. The monoisotopic (exact) mass is 463 g/mol. The summed E-state index contributed by atoms with van der Waals surface area (Å²) in [5.41, 5.74) is -1.53. The van der Waals surface area contributed by atoms with Gasteiger partial charge in [0.1, 0.15) is 11.4 Å². The van der Waals surface area contributed by atoms with Gasteiger partial charge in [0.15, 0.2) is 0 Å². The van der Waals surface area contributed by atoms with E-state index in [1.807, 2.05) is 0 Å². The largest absolute Gasteiger partial charge is 0.478 e. The van der Waals surface area contributed by atoms with Crippen molar-refractivity contribution in [2.75, 3.05) is 0 Å². The second-order valence-electron chi connectivity index (χ2n) is 6.69. The van der Waals surface area contributed by atoms with E-state index in [1.165, 1.54) is 18.2 Å². The normalized spacial score (nSPS) is 10.9. The highest BCUT2D eigenvalue weighted by molar-refractivity contribution is 6.42. The van der Waals surface area contributed by atoms with Gasteiger partial charge in [-0.15, -0.1) is 0 Å². The molecule has 2 aromatic carbocycles.